The highest BCUT2D eigenvalue weighted by atomic mass is 14.9. The summed E-state index contributed by atoms with van der Waals surface area (Å²) in [6.07, 6.45) is 4.97. The lowest BCUT2D eigenvalue weighted by molar-refractivity contribution is 0.411. The molecule has 1 aliphatic carbocycles. The molecule has 104 valence electrons. The number of likely N-dealkylation sites (N-methyl/N-ethyl adjacent to an activating group) is 1. The summed E-state index contributed by atoms with van der Waals surface area (Å²) in [5, 5.41) is 3.56. The average Bonchev–Trinajstić information content (AvgIpc) is 2.53. The Bertz CT molecular complexity index is 547. The SMILES string of the molecule is CNC(Cc1ccccc1)C1CCCc2ccccc21. The van der Waals surface area contributed by atoms with Crippen molar-refractivity contribution in [1.82, 2.24) is 5.32 Å². The minimum absolute atomic E-state index is 0.527. The number of hydrogen-bond acceptors (Lipinski definition) is 1. The molecule has 0 saturated carbocycles. The van der Waals surface area contributed by atoms with Crippen LogP contribution in [0.1, 0.15) is 35.4 Å². The minimum atomic E-state index is 0.527. The smallest absolute Gasteiger partial charge is 0.0173 e. The van der Waals surface area contributed by atoms with Crippen molar-refractivity contribution in [3.05, 3.63) is 71.3 Å². The quantitative estimate of drug-likeness (QED) is 0.883. The molecule has 1 aliphatic rings. The van der Waals surface area contributed by atoms with E-state index in [9.17, 15) is 0 Å². The standard InChI is InChI=1S/C19H23N/c1-20-19(14-15-8-3-2-4-9-15)18-13-7-11-16-10-5-6-12-17(16)18/h2-6,8-10,12,18-20H,7,11,13-14H2,1H3. The van der Waals surface area contributed by atoms with Crippen LogP contribution in [0.25, 0.3) is 0 Å². The lowest BCUT2D eigenvalue weighted by Gasteiger charge is -2.32. The van der Waals surface area contributed by atoms with Gasteiger partial charge in [-0.15, -0.1) is 0 Å². The fourth-order valence-corrected chi connectivity index (χ4v) is 3.52. The molecule has 3 rings (SSSR count). The number of rotatable bonds is 4. The Hall–Kier alpha value is -1.60. The molecule has 1 nitrogen and oxygen atoms in total. The summed E-state index contributed by atoms with van der Waals surface area (Å²) in [6.45, 7) is 0. The van der Waals surface area contributed by atoms with Gasteiger partial charge in [0.15, 0.2) is 0 Å². The van der Waals surface area contributed by atoms with Crippen LogP contribution in [0.4, 0.5) is 0 Å². The van der Waals surface area contributed by atoms with E-state index in [4.69, 9.17) is 0 Å². The molecule has 20 heavy (non-hydrogen) atoms. The van der Waals surface area contributed by atoms with Crippen LogP contribution in [-0.4, -0.2) is 13.1 Å². The molecule has 2 aromatic carbocycles. The van der Waals surface area contributed by atoms with Gasteiger partial charge in [-0.2, -0.15) is 0 Å². The van der Waals surface area contributed by atoms with E-state index < -0.39 is 0 Å². The van der Waals surface area contributed by atoms with Gasteiger partial charge in [0.1, 0.15) is 0 Å². The van der Waals surface area contributed by atoms with Crippen molar-refractivity contribution in [3.8, 4) is 0 Å². The maximum absolute atomic E-state index is 3.56. The van der Waals surface area contributed by atoms with Crippen LogP contribution < -0.4 is 5.32 Å². The molecule has 0 aliphatic heterocycles. The predicted molar refractivity (Wildman–Crippen MR) is 85.1 cm³/mol. The van der Waals surface area contributed by atoms with Crippen molar-refractivity contribution in [2.45, 2.75) is 37.6 Å². The summed E-state index contributed by atoms with van der Waals surface area (Å²) < 4.78 is 0. The second kappa shape index (κ2) is 6.23. The topological polar surface area (TPSA) is 12.0 Å². The summed E-state index contributed by atoms with van der Waals surface area (Å²) in [4.78, 5) is 0. The van der Waals surface area contributed by atoms with Gasteiger partial charge < -0.3 is 5.32 Å². The number of fused-ring (bicyclic) bond motifs is 1. The van der Waals surface area contributed by atoms with Gasteiger partial charge in [0.2, 0.25) is 0 Å². The van der Waals surface area contributed by atoms with Crippen LogP contribution in [0.5, 0.6) is 0 Å². The fraction of sp³-hybridized carbons (Fsp3) is 0.368. The summed E-state index contributed by atoms with van der Waals surface area (Å²) in [6, 6.07) is 20.4. The Balaban J connectivity index is 1.84. The molecule has 0 amide bonds. The van der Waals surface area contributed by atoms with Gasteiger partial charge in [-0.3, -0.25) is 0 Å². The first-order valence-electron chi connectivity index (χ1n) is 7.67. The Kier molecular flexibility index (Phi) is 4.17. The fourth-order valence-electron chi connectivity index (χ4n) is 3.52. The van der Waals surface area contributed by atoms with Crippen molar-refractivity contribution in [3.63, 3.8) is 0 Å². The molecule has 0 aromatic heterocycles. The lowest BCUT2D eigenvalue weighted by Crippen LogP contribution is -2.36. The summed E-state index contributed by atoms with van der Waals surface area (Å²) in [5.74, 6) is 0.644. The van der Waals surface area contributed by atoms with Crippen molar-refractivity contribution in [1.29, 1.82) is 0 Å². The number of aryl methyl sites for hydroxylation is 1. The summed E-state index contributed by atoms with van der Waals surface area (Å²) in [7, 11) is 2.10. The molecule has 0 fully saturated rings. The van der Waals surface area contributed by atoms with E-state index in [1.165, 1.54) is 24.8 Å². The first-order chi connectivity index (χ1) is 9.88. The van der Waals surface area contributed by atoms with Crippen LogP contribution in [0.3, 0.4) is 0 Å². The predicted octanol–water partition coefficient (Wildman–Crippen LogP) is 3.94. The first-order valence-corrected chi connectivity index (χ1v) is 7.67. The molecular weight excluding hydrogens is 242 g/mol. The minimum Gasteiger partial charge on any atom is -0.316 e. The Morgan fingerprint density at radius 3 is 2.60 bits per heavy atom. The third kappa shape index (κ3) is 2.78. The maximum Gasteiger partial charge on any atom is 0.0173 e. The van der Waals surface area contributed by atoms with Gasteiger partial charge in [0.25, 0.3) is 0 Å². The zero-order valence-electron chi connectivity index (χ0n) is 12.2. The maximum atomic E-state index is 3.56. The van der Waals surface area contributed by atoms with Gasteiger partial charge in [-0.05, 0) is 55.3 Å². The van der Waals surface area contributed by atoms with Crippen molar-refractivity contribution in [2.75, 3.05) is 7.05 Å². The van der Waals surface area contributed by atoms with E-state index in [0.717, 1.165) is 6.42 Å². The monoisotopic (exact) mass is 265 g/mol. The van der Waals surface area contributed by atoms with Gasteiger partial charge in [-0.1, -0.05) is 54.6 Å². The molecule has 0 saturated heterocycles. The van der Waals surface area contributed by atoms with Gasteiger partial charge in [0.05, 0.1) is 0 Å². The van der Waals surface area contributed by atoms with Crippen LogP contribution in [0.2, 0.25) is 0 Å². The third-order valence-electron chi connectivity index (χ3n) is 4.57. The van der Waals surface area contributed by atoms with Crippen LogP contribution in [0, 0.1) is 0 Å². The van der Waals surface area contributed by atoms with Gasteiger partial charge >= 0.3 is 0 Å². The highest BCUT2D eigenvalue weighted by Crippen LogP contribution is 2.34. The van der Waals surface area contributed by atoms with E-state index in [1.807, 2.05) is 0 Å². The lowest BCUT2D eigenvalue weighted by atomic mass is 9.77. The molecule has 1 N–H and O–H groups in total. The first kappa shape index (κ1) is 13.4. The molecule has 1 heteroatoms. The molecule has 2 atom stereocenters. The van der Waals surface area contributed by atoms with Gasteiger partial charge in [-0.25, -0.2) is 0 Å². The summed E-state index contributed by atoms with van der Waals surface area (Å²) in [5.41, 5.74) is 4.54. The van der Waals surface area contributed by atoms with Crippen molar-refractivity contribution < 1.29 is 0 Å². The molecule has 0 spiro atoms. The molecule has 0 bridgehead atoms. The molecule has 0 radical (unpaired) electrons. The number of benzene rings is 2. The summed E-state index contributed by atoms with van der Waals surface area (Å²) >= 11 is 0. The second-order valence-electron chi connectivity index (χ2n) is 5.78. The van der Waals surface area contributed by atoms with Gasteiger partial charge in [0, 0.05) is 6.04 Å². The van der Waals surface area contributed by atoms with E-state index in [2.05, 4.69) is 67.0 Å². The Morgan fingerprint density at radius 2 is 1.80 bits per heavy atom. The largest absolute Gasteiger partial charge is 0.316 e. The van der Waals surface area contributed by atoms with Crippen molar-refractivity contribution >= 4 is 0 Å². The highest BCUT2D eigenvalue weighted by Gasteiger charge is 2.26. The van der Waals surface area contributed by atoms with Crippen LogP contribution >= 0.6 is 0 Å². The number of nitrogens with one attached hydrogen (secondary N) is 1. The highest BCUT2D eigenvalue weighted by molar-refractivity contribution is 5.34. The third-order valence-corrected chi connectivity index (χ3v) is 4.57. The zero-order valence-corrected chi connectivity index (χ0v) is 12.2. The molecule has 2 aromatic rings. The van der Waals surface area contributed by atoms with Crippen LogP contribution in [0.15, 0.2) is 54.6 Å². The number of hydrogen-bond donors (Lipinski definition) is 1. The average molecular weight is 265 g/mol. The van der Waals surface area contributed by atoms with Crippen molar-refractivity contribution in [2.24, 2.45) is 0 Å². The van der Waals surface area contributed by atoms with E-state index in [-0.39, 0.29) is 0 Å². The normalized spacial score (nSPS) is 19.4. The molecule has 2 unspecified atom stereocenters. The van der Waals surface area contributed by atoms with E-state index >= 15 is 0 Å². The zero-order chi connectivity index (χ0) is 13.8. The Labute approximate surface area is 122 Å². The second-order valence-corrected chi connectivity index (χ2v) is 5.78. The van der Waals surface area contributed by atoms with E-state index in [0.29, 0.717) is 12.0 Å². The van der Waals surface area contributed by atoms with E-state index in [1.54, 1.807) is 11.1 Å². The molecule has 0 heterocycles. The molecular formula is C19H23N. The Morgan fingerprint density at radius 1 is 1.05 bits per heavy atom. The van der Waals surface area contributed by atoms with Crippen LogP contribution in [-0.2, 0) is 12.8 Å².